The largest absolute Gasteiger partial charge is 0.544 e. The minimum Gasteiger partial charge on any atom is -0.544 e. The van der Waals surface area contributed by atoms with E-state index in [0.717, 1.165) is 18.8 Å². The topological polar surface area (TPSA) is 21.3 Å². The summed E-state index contributed by atoms with van der Waals surface area (Å²) in [6.07, 6.45) is 2.49. The third-order valence-corrected chi connectivity index (χ3v) is 3.94. The first-order valence-electron chi connectivity index (χ1n) is 6.54. The van der Waals surface area contributed by atoms with Crippen molar-refractivity contribution in [2.24, 2.45) is 0 Å². The van der Waals surface area contributed by atoms with Crippen LogP contribution in [0.2, 0.25) is 19.6 Å². The molecule has 1 aromatic carbocycles. The molecule has 2 rings (SSSR count). The van der Waals surface area contributed by atoms with E-state index in [1.807, 2.05) is 0 Å². The lowest BCUT2D eigenvalue weighted by molar-refractivity contribution is 0.458. The zero-order valence-electron chi connectivity index (χ0n) is 11.1. The van der Waals surface area contributed by atoms with Gasteiger partial charge in [-0.25, -0.2) is 0 Å². The summed E-state index contributed by atoms with van der Waals surface area (Å²) in [6.45, 7) is 8.96. The van der Waals surface area contributed by atoms with E-state index in [4.69, 9.17) is 4.43 Å². The van der Waals surface area contributed by atoms with E-state index in [1.165, 1.54) is 18.4 Å². The van der Waals surface area contributed by atoms with Crippen molar-refractivity contribution in [3.8, 4) is 5.75 Å². The summed E-state index contributed by atoms with van der Waals surface area (Å²) < 4.78 is 6.06. The summed E-state index contributed by atoms with van der Waals surface area (Å²) in [5.74, 6) is 1.77. The van der Waals surface area contributed by atoms with Gasteiger partial charge in [-0.15, -0.1) is 0 Å². The Morgan fingerprint density at radius 1 is 1.18 bits per heavy atom. The Hall–Kier alpha value is -0.803. The first-order valence-corrected chi connectivity index (χ1v) is 9.95. The fraction of sp³-hybridized carbons (Fsp3) is 0.571. The van der Waals surface area contributed by atoms with Gasteiger partial charge in [-0.1, -0.05) is 12.1 Å². The molecular weight excluding hydrogens is 226 g/mol. The quantitative estimate of drug-likeness (QED) is 0.829. The van der Waals surface area contributed by atoms with E-state index >= 15 is 0 Å². The molecule has 1 fully saturated rings. The molecule has 1 aliphatic rings. The van der Waals surface area contributed by atoms with Crippen molar-refractivity contribution in [2.45, 2.75) is 38.4 Å². The van der Waals surface area contributed by atoms with Crippen LogP contribution in [-0.2, 0) is 0 Å². The standard InChI is InChI=1S/C14H23NOSi/c1-17(2,3)16-14-6-4-5-13(11-14)12-7-9-15-10-8-12/h4-6,11-12,15H,7-10H2,1-3H3. The van der Waals surface area contributed by atoms with Crippen molar-refractivity contribution >= 4 is 8.32 Å². The number of benzene rings is 1. The van der Waals surface area contributed by atoms with Gasteiger partial charge in [-0.05, 0) is 69.2 Å². The first-order chi connectivity index (χ1) is 8.04. The molecule has 3 heteroatoms. The molecule has 0 unspecified atom stereocenters. The van der Waals surface area contributed by atoms with Gasteiger partial charge in [-0.3, -0.25) is 0 Å². The zero-order chi connectivity index (χ0) is 12.3. The number of hydrogen-bond acceptors (Lipinski definition) is 2. The van der Waals surface area contributed by atoms with E-state index in [9.17, 15) is 0 Å². The summed E-state index contributed by atoms with van der Waals surface area (Å²) in [4.78, 5) is 0. The molecule has 0 saturated carbocycles. The molecular formula is C14H23NOSi. The molecule has 1 heterocycles. The van der Waals surface area contributed by atoms with Crippen LogP contribution in [-0.4, -0.2) is 21.4 Å². The predicted molar refractivity (Wildman–Crippen MR) is 75.3 cm³/mol. The Morgan fingerprint density at radius 3 is 2.53 bits per heavy atom. The molecule has 0 bridgehead atoms. The number of piperidine rings is 1. The van der Waals surface area contributed by atoms with E-state index in [-0.39, 0.29) is 0 Å². The summed E-state index contributed by atoms with van der Waals surface area (Å²) >= 11 is 0. The molecule has 94 valence electrons. The lowest BCUT2D eigenvalue weighted by Crippen LogP contribution is -2.29. The number of hydrogen-bond donors (Lipinski definition) is 1. The maximum absolute atomic E-state index is 6.06. The highest BCUT2D eigenvalue weighted by Crippen LogP contribution is 2.28. The summed E-state index contributed by atoms with van der Waals surface area (Å²) in [7, 11) is -1.48. The Labute approximate surface area is 106 Å². The van der Waals surface area contributed by atoms with E-state index in [0.29, 0.717) is 5.92 Å². The highest BCUT2D eigenvalue weighted by Gasteiger charge is 2.18. The molecule has 17 heavy (non-hydrogen) atoms. The van der Waals surface area contributed by atoms with E-state index in [1.54, 1.807) is 0 Å². The van der Waals surface area contributed by atoms with Crippen molar-refractivity contribution < 1.29 is 4.43 Å². The Balaban J connectivity index is 2.10. The summed E-state index contributed by atoms with van der Waals surface area (Å²) in [6, 6.07) is 8.71. The molecule has 0 spiro atoms. The van der Waals surface area contributed by atoms with Crippen LogP contribution in [0.3, 0.4) is 0 Å². The van der Waals surface area contributed by atoms with Gasteiger partial charge >= 0.3 is 0 Å². The third-order valence-electron chi connectivity index (χ3n) is 3.09. The molecule has 0 aromatic heterocycles. The SMILES string of the molecule is C[Si](C)(C)Oc1cccc(C2CCNCC2)c1. The highest BCUT2D eigenvalue weighted by atomic mass is 28.4. The van der Waals surface area contributed by atoms with E-state index in [2.05, 4.69) is 49.2 Å². The van der Waals surface area contributed by atoms with Gasteiger partial charge < -0.3 is 9.74 Å². The minimum atomic E-state index is -1.48. The van der Waals surface area contributed by atoms with Crippen LogP contribution < -0.4 is 9.74 Å². The molecule has 0 aliphatic carbocycles. The van der Waals surface area contributed by atoms with E-state index < -0.39 is 8.32 Å². The first kappa shape index (κ1) is 12.6. The second kappa shape index (κ2) is 5.23. The molecule has 1 N–H and O–H groups in total. The molecule has 0 amide bonds. The number of nitrogens with one attached hydrogen (secondary N) is 1. The molecule has 1 saturated heterocycles. The lowest BCUT2D eigenvalue weighted by atomic mass is 9.90. The Bertz CT molecular complexity index is 367. The fourth-order valence-corrected chi connectivity index (χ4v) is 3.17. The van der Waals surface area contributed by atoms with Gasteiger partial charge in [0.1, 0.15) is 5.75 Å². The average molecular weight is 249 g/mol. The zero-order valence-corrected chi connectivity index (χ0v) is 12.1. The van der Waals surface area contributed by atoms with Crippen molar-refractivity contribution in [2.75, 3.05) is 13.1 Å². The van der Waals surface area contributed by atoms with Crippen molar-refractivity contribution in [1.82, 2.24) is 5.32 Å². The smallest absolute Gasteiger partial charge is 0.242 e. The maximum Gasteiger partial charge on any atom is 0.242 e. The highest BCUT2D eigenvalue weighted by molar-refractivity contribution is 6.70. The summed E-state index contributed by atoms with van der Waals surface area (Å²) in [5.41, 5.74) is 1.45. The lowest BCUT2D eigenvalue weighted by Gasteiger charge is -2.24. The van der Waals surface area contributed by atoms with Crippen molar-refractivity contribution in [3.05, 3.63) is 29.8 Å². The van der Waals surface area contributed by atoms with Crippen LogP contribution in [0.25, 0.3) is 0 Å². The Kier molecular flexibility index (Phi) is 3.89. The summed E-state index contributed by atoms with van der Waals surface area (Å²) in [5, 5.41) is 3.41. The van der Waals surface area contributed by atoms with Gasteiger partial charge in [0, 0.05) is 0 Å². The molecule has 1 aromatic rings. The number of rotatable bonds is 3. The van der Waals surface area contributed by atoms with Gasteiger partial charge in [0.15, 0.2) is 0 Å². The van der Waals surface area contributed by atoms with Crippen molar-refractivity contribution in [3.63, 3.8) is 0 Å². The van der Waals surface area contributed by atoms with Crippen LogP contribution in [0.15, 0.2) is 24.3 Å². The fourth-order valence-electron chi connectivity index (χ4n) is 2.34. The van der Waals surface area contributed by atoms with Crippen LogP contribution >= 0.6 is 0 Å². The van der Waals surface area contributed by atoms with Gasteiger partial charge in [0.05, 0.1) is 0 Å². The van der Waals surface area contributed by atoms with Gasteiger partial charge in [0.2, 0.25) is 8.32 Å². The minimum absolute atomic E-state index is 0.710. The average Bonchev–Trinajstić information content (AvgIpc) is 2.28. The second-order valence-electron chi connectivity index (χ2n) is 5.81. The van der Waals surface area contributed by atoms with Crippen molar-refractivity contribution in [1.29, 1.82) is 0 Å². The van der Waals surface area contributed by atoms with Gasteiger partial charge in [-0.2, -0.15) is 0 Å². The third kappa shape index (κ3) is 3.86. The van der Waals surface area contributed by atoms with Crippen LogP contribution in [0.4, 0.5) is 0 Å². The molecule has 0 radical (unpaired) electrons. The molecule has 1 aliphatic heterocycles. The van der Waals surface area contributed by atoms with Gasteiger partial charge in [0.25, 0.3) is 0 Å². The normalized spacial score (nSPS) is 18.1. The monoisotopic (exact) mass is 249 g/mol. The predicted octanol–water partition coefficient (Wildman–Crippen LogP) is 3.37. The molecule has 2 nitrogen and oxygen atoms in total. The second-order valence-corrected chi connectivity index (χ2v) is 10.2. The van der Waals surface area contributed by atoms with Crippen LogP contribution in [0.5, 0.6) is 5.75 Å². The van der Waals surface area contributed by atoms with Crippen LogP contribution in [0, 0.1) is 0 Å². The molecule has 0 atom stereocenters. The Morgan fingerprint density at radius 2 is 1.88 bits per heavy atom. The maximum atomic E-state index is 6.06. The van der Waals surface area contributed by atoms with Crippen LogP contribution in [0.1, 0.15) is 24.3 Å².